The Kier molecular flexibility index (Phi) is 5.10. The number of fused-ring (bicyclic) bond motifs is 1. The molecule has 0 radical (unpaired) electrons. The van der Waals surface area contributed by atoms with Crippen molar-refractivity contribution >= 4 is 6.09 Å². The van der Waals surface area contributed by atoms with Crippen LogP contribution in [0.25, 0.3) is 0 Å². The van der Waals surface area contributed by atoms with Gasteiger partial charge in [0.25, 0.3) is 0 Å². The van der Waals surface area contributed by atoms with Crippen LogP contribution in [0.2, 0.25) is 0 Å². The number of hydrogen-bond acceptors (Lipinski definition) is 5. The van der Waals surface area contributed by atoms with E-state index in [4.69, 9.17) is 9.47 Å². The number of hydrogen-bond donors (Lipinski definition) is 2. The molecule has 1 aliphatic heterocycles. The molecule has 0 bridgehead atoms. The van der Waals surface area contributed by atoms with Gasteiger partial charge in [-0.3, -0.25) is 10.00 Å². The number of carbonyl (C=O) groups excluding carboxylic acids is 1. The summed E-state index contributed by atoms with van der Waals surface area (Å²) in [6.07, 6.45) is 4.94. The Bertz CT molecular complexity index is 566. The minimum absolute atomic E-state index is 0.00845. The molecule has 7 heteroatoms. The predicted molar refractivity (Wildman–Crippen MR) is 89.8 cm³/mol. The largest absolute Gasteiger partial charge is 0.444 e. The van der Waals surface area contributed by atoms with Crippen molar-refractivity contribution in [1.29, 1.82) is 0 Å². The third-order valence-electron chi connectivity index (χ3n) is 4.50. The molecule has 2 unspecified atom stereocenters. The van der Waals surface area contributed by atoms with E-state index in [1.54, 1.807) is 4.90 Å². The lowest BCUT2D eigenvalue weighted by Crippen LogP contribution is -2.54. The van der Waals surface area contributed by atoms with Gasteiger partial charge in [-0.25, -0.2) is 4.79 Å². The lowest BCUT2D eigenvalue weighted by molar-refractivity contribution is -0.0323. The van der Waals surface area contributed by atoms with Crippen molar-refractivity contribution in [2.24, 2.45) is 0 Å². The summed E-state index contributed by atoms with van der Waals surface area (Å²) in [4.78, 5) is 14.2. The molecular weight excluding hydrogens is 308 g/mol. The van der Waals surface area contributed by atoms with Gasteiger partial charge >= 0.3 is 6.09 Å². The van der Waals surface area contributed by atoms with E-state index in [1.165, 1.54) is 11.3 Å². The number of aromatic nitrogens is 2. The molecule has 2 N–H and O–H groups in total. The highest BCUT2D eigenvalue weighted by molar-refractivity contribution is 5.68. The normalized spacial score (nSPS) is 24.5. The van der Waals surface area contributed by atoms with Crippen LogP contribution in [0.3, 0.4) is 0 Å². The molecule has 0 saturated carbocycles. The molecule has 0 aromatic carbocycles. The van der Waals surface area contributed by atoms with Gasteiger partial charge in [0.15, 0.2) is 0 Å². The topological polar surface area (TPSA) is 79.5 Å². The number of amides is 1. The van der Waals surface area contributed by atoms with E-state index in [0.717, 1.165) is 19.3 Å². The number of aromatic amines is 1. The summed E-state index contributed by atoms with van der Waals surface area (Å²) in [5.41, 5.74) is 1.99. The number of H-pyrrole nitrogens is 1. The van der Waals surface area contributed by atoms with Crippen LogP contribution in [0, 0.1) is 0 Å². The van der Waals surface area contributed by atoms with Crippen molar-refractivity contribution in [3.05, 3.63) is 17.5 Å². The second kappa shape index (κ2) is 7.11. The van der Waals surface area contributed by atoms with Crippen LogP contribution < -0.4 is 5.32 Å². The van der Waals surface area contributed by atoms with Crippen molar-refractivity contribution < 1.29 is 14.3 Å². The molecule has 0 spiro atoms. The standard InChI is InChI=1S/C17H28N4O3/c1-17(2,3)24-16(22)21-7-8-23-11-12(21)9-18-14-5-4-6-15-13(14)10-19-20-15/h10,12,14,18H,4-9,11H2,1-3H3,(H,19,20). The van der Waals surface area contributed by atoms with Crippen LogP contribution in [0.4, 0.5) is 4.79 Å². The highest BCUT2D eigenvalue weighted by Gasteiger charge is 2.32. The molecule has 24 heavy (non-hydrogen) atoms. The molecule has 134 valence electrons. The van der Waals surface area contributed by atoms with E-state index in [1.807, 2.05) is 27.0 Å². The molecule has 2 aliphatic rings. The fraction of sp³-hybridized carbons (Fsp3) is 0.765. The number of nitrogens with zero attached hydrogens (tertiary/aromatic N) is 2. The number of nitrogens with one attached hydrogen (secondary N) is 2. The van der Waals surface area contributed by atoms with Crippen molar-refractivity contribution in [2.75, 3.05) is 26.3 Å². The fourth-order valence-electron chi connectivity index (χ4n) is 3.34. The van der Waals surface area contributed by atoms with E-state index in [2.05, 4.69) is 15.5 Å². The molecule has 1 aromatic rings. The van der Waals surface area contributed by atoms with E-state index in [-0.39, 0.29) is 18.2 Å². The van der Waals surface area contributed by atoms with Gasteiger partial charge < -0.3 is 14.8 Å². The van der Waals surface area contributed by atoms with Crippen LogP contribution in [0.5, 0.6) is 0 Å². The number of aryl methyl sites for hydroxylation is 1. The molecule has 1 fully saturated rings. The van der Waals surface area contributed by atoms with Gasteiger partial charge in [0.2, 0.25) is 0 Å². The maximum atomic E-state index is 12.4. The minimum atomic E-state index is -0.484. The lowest BCUT2D eigenvalue weighted by Gasteiger charge is -2.37. The second-order valence-corrected chi connectivity index (χ2v) is 7.56. The fourth-order valence-corrected chi connectivity index (χ4v) is 3.34. The van der Waals surface area contributed by atoms with Crippen molar-refractivity contribution in [1.82, 2.24) is 20.4 Å². The first-order valence-corrected chi connectivity index (χ1v) is 8.77. The third-order valence-corrected chi connectivity index (χ3v) is 4.50. The van der Waals surface area contributed by atoms with Crippen LogP contribution in [-0.2, 0) is 15.9 Å². The van der Waals surface area contributed by atoms with E-state index in [9.17, 15) is 4.79 Å². The smallest absolute Gasteiger partial charge is 0.410 e. The molecule has 7 nitrogen and oxygen atoms in total. The van der Waals surface area contributed by atoms with Gasteiger partial charge in [-0.1, -0.05) is 0 Å². The zero-order valence-electron chi connectivity index (χ0n) is 14.8. The van der Waals surface area contributed by atoms with Gasteiger partial charge in [0.05, 0.1) is 25.5 Å². The van der Waals surface area contributed by atoms with Crippen LogP contribution in [0.1, 0.15) is 50.9 Å². The maximum Gasteiger partial charge on any atom is 0.410 e. The lowest BCUT2D eigenvalue weighted by atomic mass is 9.93. The zero-order valence-corrected chi connectivity index (χ0v) is 14.8. The average Bonchev–Trinajstić information content (AvgIpc) is 3.00. The Balaban J connectivity index is 1.60. The molecular formula is C17H28N4O3. The van der Waals surface area contributed by atoms with Gasteiger partial charge in [0, 0.05) is 30.4 Å². The van der Waals surface area contributed by atoms with Gasteiger partial charge in [0.1, 0.15) is 5.60 Å². The van der Waals surface area contributed by atoms with Crippen molar-refractivity contribution in [3.8, 4) is 0 Å². The Labute approximate surface area is 143 Å². The Hall–Kier alpha value is -1.60. The zero-order chi connectivity index (χ0) is 17.2. The van der Waals surface area contributed by atoms with Gasteiger partial charge in [-0.2, -0.15) is 5.10 Å². The first-order chi connectivity index (χ1) is 11.4. The predicted octanol–water partition coefficient (Wildman–Crippen LogP) is 2.01. The van der Waals surface area contributed by atoms with E-state index in [0.29, 0.717) is 26.3 Å². The summed E-state index contributed by atoms with van der Waals surface area (Å²) in [7, 11) is 0. The molecule has 1 aromatic heterocycles. The first-order valence-electron chi connectivity index (χ1n) is 8.77. The van der Waals surface area contributed by atoms with Crippen molar-refractivity contribution in [3.63, 3.8) is 0 Å². The van der Waals surface area contributed by atoms with Crippen LogP contribution in [0.15, 0.2) is 6.20 Å². The second-order valence-electron chi connectivity index (χ2n) is 7.56. The summed E-state index contributed by atoms with van der Waals surface area (Å²) >= 11 is 0. The molecule has 2 heterocycles. The Morgan fingerprint density at radius 1 is 1.54 bits per heavy atom. The quantitative estimate of drug-likeness (QED) is 0.883. The summed E-state index contributed by atoms with van der Waals surface area (Å²) in [6, 6.07) is 0.279. The van der Waals surface area contributed by atoms with Gasteiger partial charge in [-0.05, 0) is 40.0 Å². The molecule has 1 amide bonds. The number of rotatable bonds is 3. The highest BCUT2D eigenvalue weighted by atomic mass is 16.6. The van der Waals surface area contributed by atoms with Gasteiger partial charge in [-0.15, -0.1) is 0 Å². The Morgan fingerprint density at radius 3 is 3.17 bits per heavy atom. The summed E-state index contributed by atoms with van der Waals surface area (Å²) in [5.74, 6) is 0. The first kappa shape index (κ1) is 17.2. The van der Waals surface area contributed by atoms with E-state index >= 15 is 0 Å². The summed E-state index contributed by atoms with van der Waals surface area (Å²) in [5, 5.41) is 10.8. The monoisotopic (exact) mass is 336 g/mol. The molecule has 3 rings (SSSR count). The number of morpholine rings is 1. The summed E-state index contributed by atoms with van der Waals surface area (Å²) in [6.45, 7) is 8.03. The maximum absolute atomic E-state index is 12.4. The van der Waals surface area contributed by atoms with E-state index < -0.39 is 5.60 Å². The molecule has 1 aliphatic carbocycles. The molecule has 2 atom stereocenters. The highest BCUT2D eigenvalue weighted by Crippen LogP contribution is 2.28. The molecule has 1 saturated heterocycles. The summed E-state index contributed by atoms with van der Waals surface area (Å²) < 4.78 is 11.1. The minimum Gasteiger partial charge on any atom is -0.444 e. The SMILES string of the molecule is CC(C)(C)OC(=O)N1CCOCC1CNC1CCCc2[nH]ncc21. The van der Waals surface area contributed by atoms with Crippen LogP contribution >= 0.6 is 0 Å². The van der Waals surface area contributed by atoms with Crippen molar-refractivity contribution in [2.45, 2.75) is 57.7 Å². The number of ether oxygens (including phenoxy) is 2. The third kappa shape index (κ3) is 4.08. The Morgan fingerprint density at radius 2 is 2.38 bits per heavy atom. The average molecular weight is 336 g/mol. The number of carbonyl (C=O) groups is 1. The van der Waals surface area contributed by atoms with Crippen LogP contribution in [-0.4, -0.2) is 59.1 Å².